The van der Waals surface area contributed by atoms with Gasteiger partial charge in [0.15, 0.2) is 0 Å². The molecule has 0 aliphatic carbocycles. The van der Waals surface area contributed by atoms with Gasteiger partial charge in [-0.3, -0.25) is 0 Å². The molecule has 1 heterocycles. The molecule has 1 unspecified atom stereocenters. The molecule has 0 saturated carbocycles. The number of hydrogen-bond acceptors (Lipinski definition) is 2. The maximum atomic E-state index is 6.15. The van der Waals surface area contributed by atoms with E-state index < -0.39 is 0 Å². The van der Waals surface area contributed by atoms with E-state index in [1.807, 2.05) is 24.3 Å². The lowest BCUT2D eigenvalue weighted by Gasteiger charge is -2.07. The third-order valence-electron chi connectivity index (χ3n) is 2.98. The standard InChI is InChI=1S/C14H18ClN3/c1-2-3-8-12(16)14-17-9-13(18-14)10-6-4-5-7-11(10)15/h4-7,9,12H,2-3,8,16H2,1H3,(H,17,18). The lowest BCUT2D eigenvalue weighted by atomic mass is 10.1. The van der Waals surface area contributed by atoms with Crippen molar-refractivity contribution in [2.24, 2.45) is 5.73 Å². The van der Waals surface area contributed by atoms with Crippen LogP contribution >= 0.6 is 11.6 Å². The van der Waals surface area contributed by atoms with Crippen molar-refractivity contribution in [3.63, 3.8) is 0 Å². The van der Waals surface area contributed by atoms with Gasteiger partial charge in [-0.15, -0.1) is 0 Å². The number of aromatic amines is 1. The fraction of sp³-hybridized carbons (Fsp3) is 0.357. The van der Waals surface area contributed by atoms with Crippen LogP contribution in [0.3, 0.4) is 0 Å². The van der Waals surface area contributed by atoms with E-state index >= 15 is 0 Å². The fourth-order valence-electron chi connectivity index (χ4n) is 1.90. The average molecular weight is 264 g/mol. The zero-order valence-corrected chi connectivity index (χ0v) is 11.2. The van der Waals surface area contributed by atoms with Crippen LogP contribution in [-0.4, -0.2) is 9.97 Å². The Kier molecular flexibility index (Phi) is 4.39. The molecular formula is C14H18ClN3. The molecule has 2 rings (SSSR count). The number of nitrogens with zero attached hydrogens (tertiary/aromatic N) is 1. The summed E-state index contributed by atoms with van der Waals surface area (Å²) < 4.78 is 0. The van der Waals surface area contributed by atoms with Gasteiger partial charge in [-0.05, 0) is 12.5 Å². The second-order valence-corrected chi connectivity index (χ2v) is 4.82. The van der Waals surface area contributed by atoms with Crippen molar-refractivity contribution in [1.82, 2.24) is 9.97 Å². The average Bonchev–Trinajstić information content (AvgIpc) is 2.86. The third kappa shape index (κ3) is 2.92. The quantitative estimate of drug-likeness (QED) is 0.859. The molecule has 0 radical (unpaired) electrons. The molecule has 0 aliphatic rings. The second-order valence-electron chi connectivity index (χ2n) is 4.41. The van der Waals surface area contributed by atoms with Gasteiger partial charge in [0.05, 0.1) is 17.9 Å². The van der Waals surface area contributed by atoms with Crippen molar-refractivity contribution in [2.45, 2.75) is 32.2 Å². The van der Waals surface area contributed by atoms with Gasteiger partial charge in [0, 0.05) is 10.6 Å². The number of nitrogens with two attached hydrogens (primary N) is 1. The molecule has 96 valence electrons. The minimum absolute atomic E-state index is 0.0267. The number of H-pyrrole nitrogens is 1. The molecule has 0 spiro atoms. The summed E-state index contributed by atoms with van der Waals surface area (Å²) in [4.78, 5) is 7.61. The first kappa shape index (κ1) is 13.1. The number of imidazole rings is 1. The normalized spacial score (nSPS) is 12.6. The van der Waals surface area contributed by atoms with Gasteiger partial charge in [0.2, 0.25) is 0 Å². The van der Waals surface area contributed by atoms with E-state index in [9.17, 15) is 0 Å². The first-order chi connectivity index (χ1) is 8.72. The van der Waals surface area contributed by atoms with Crippen molar-refractivity contribution in [2.75, 3.05) is 0 Å². The van der Waals surface area contributed by atoms with Gasteiger partial charge in [0.1, 0.15) is 5.82 Å². The van der Waals surface area contributed by atoms with E-state index in [0.29, 0.717) is 0 Å². The molecule has 0 aliphatic heterocycles. The largest absolute Gasteiger partial charge is 0.341 e. The number of hydrogen-bond donors (Lipinski definition) is 2. The van der Waals surface area contributed by atoms with Crippen LogP contribution in [0.25, 0.3) is 11.3 Å². The summed E-state index contributed by atoms with van der Waals surface area (Å²) in [5.74, 6) is 0.832. The number of halogens is 1. The summed E-state index contributed by atoms with van der Waals surface area (Å²) in [5, 5.41) is 0.717. The van der Waals surface area contributed by atoms with Gasteiger partial charge in [-0.25, -0.2) is 4.98 Å². The highest BCUT2D eigenvalue weighted by Gasteiger charge is 2.11. The van der Waals surface area contributed by atoms with Crippen LogP contribution < -0.4 is 5.73 Å². The highest BCUT2D eigenvalue weighted by Crippen LogP contribution is 2.27. The van der Waals surface area contributed by atoms with E-state index in [4.69, 9.17) is 17.3 Å². The molecule has 3 N–H and O–H groups in total. The van der Waals surface area contributed by atoms with Gasteiger partial charge in [-0.1, -0.05) is 49.6 Å². The Morgan fingerprint density at radius 1 is 1.39 bits per heavy atom. The zero-order chi connectivity index (χ0) is 13.0. The smallest absolute Gasteiger partial charge is 0.123 e. The van der Waals surface area contributed by atoms with Crippen LogP contribution in [0.4, 0.5) is 0 Å². The SMILES string of the molecule is CCCCC(N)c1ncc(-c2ccccc2Cl)[nH]1. The third-order valence-corrected chi connectivity index (χ3v) is 3.31. The molecule has 0 fully saturated rings. The molecule has 0 amide bonds. The number of rotatable bonds is 5. The number of aromatic nitrogens is 2. The summed E-state index contributed by atoms with van der Waals surface area (Å²) in [5.41, 5.74) is 7.96. The summed E-state index contributed by atoms with van der Waals surface area (Å²) in [6, 6.07) is 7.68. The molecule has 2 aromatic rings. The van der Waals surface area contributed by atoms with Crippen LogP contribution in [-0.2, 0) is 0 Å². The fourth-order valence-corrected chi connectivity index (χ4v) is 2.14. The minimum atomic E-state index is -0.0267. The van der Waals surface area contributed by atoms with E-state index in [0.717, 1.165) is 41.4 Å². The van der Waals surface area contributed by atoms with Crippen LogP contribution in [0.1, 0.15) is 38.1 Å². The summed E-state index contributed by atoms with van der Waals surface area (Å²) >= 11 is 6.15. The molecule has 1 atom stereocenters. The topological polar surface area (TPSA) is 54.7 Å². The second kappa shape index (κ2) is 6.03. The van der Waals surface area contributed by atoms with Crippen LogP contribution in [0.15, 0.2) is 30.5 Å². The lowest BCUT2D eigenvalue weighted by molar-refractivity contribution is 0.580. The highest BCUT2D eigenvalue weighted by molar-refractivity contribution is 6.33. The van der Waals surface area contributed by atoms with Crippen molar-refractivity contribution in [3.05, 3.63) is 41.3 Å². The molecule has 1 aromatic heterocycles. The van der Waals surface area contributed by atoms with E-state index in [2.05, 4.69) is 16.9 Å². The van der Waals surface area contributed by atoms with Crippen molar-refractivity contribution in [3.8, 4) is 11.3 Å². The Bertz CT molecular complexity index is 507. The summed E-state index contributed by atoms with van der Waals surface area (Å²) in [7, 11) is 0. The van der Waals surface area contributed by atoms with Crippen molar-refractivity contribution >= 4 is 11.6 Å². The Hall–Kier alpha value is -1.32. The Balaban J connectivity index is 2.18. The van der Waals surface area contributed by atoms with Crippen LogP contribution in [0.5, 0.6) is 0 Å². The zero-order valence-electron chi connectivity index (χ0n) is 10.5. The molecule has 4 heteroatoms. The number of benzene rings is 1. The van der Waals surface area contributed by atoms with Crippen molar-refractivity contribution in [1.29, 1.82) is 0 Å². The van der Waals surface area contributed by atoms with E-state index in [1.165, 1.54) is 0 Å². The van der Waals surface area contributed by atoms with Gasteiger partial charge in [-0.2, -0.15) is 0 Å². The Labute approximate surface area is 112 Å². The molecule has 1 aromatic carbocycles. The minimum Gasteiger partial charge on any atom is -0.341 e. The van der Waals surface area contributed by atoms with Gasteiger partial charge in [0.25, 0.3) is 0 Å². The first-order valence-corrected chi connectivity index (χ1v) is 6.65. The molecule has 18 heavy (non-hydrogen) atoms. The maximum Gasteiger partial charge on any atom is 0.123 e. The monoisotopic (exact) mass is 263 g/mol. The van der Waals surface area contributed by atoms with Crippen LogP contribution in [0.2, 0.25) is 5.02 Å². The Morgan fingerprint density at radius 2 is 2.17 bits per heavy atom. The van der Waals surface area contributed by atoms with Crippen LogP contribution in [0, 0.1) is 0 Å². The van der Waals surface area contributed by atoms with E-state index in [1.54, 1.807) is 6.20 Å². The lowest BCUT2D eigenvalue weighted by Crippen LogP contribution is -2.11. The van der Waals surface area contributed by atoms with E-state index in [-0.39, 0.29) is 6.04 Å². The predicted octanol–water partition coefficient (Wildman–Crippen LogP) is 3.92. The van der Waals surface area contributed by atoms with Gasteiger partial charge >= 0.3 is 0 Å². The predicted molar refractivity (Wildman–Crippen MR) is 75.5 cm³/mol. The molecule has 0 saturated heterocycles. The highest BCUT2D eigenvalue weighted by atomic mass is 35.5. The van der Waals surface area contributed by atoms with Gasteiger partial charge < -0.3 is 10.7 Å². The summed E-state index contributed by atoms with van der Waals surface area (Å²) in [6.07, 6.45) is 5.00. The Morgan fingerprint density at radius 3 is 2.89 bits per heavy atom. The number of unbranched alkanes of at least 4 members (excludes halogenated alkanes) is 1. The molecular weight excluding hydrogens is 246 g/mol. The number of nitrogens with one attached hydrogen (secondary N) is 1. The summed E-state index contributed by atoms with van der Waals surface area (Å²) in [6.45, 7) is 2.16. The maximum absolute atomic E-state index is 6.15. The van der Waals surface area contributed by atoms with Crippen molar-refractivity contribution < 1.29 is 0 Å². The molecule has 3 nitrogen and oxygen atoms in total. The molecule has 0 bridgehead atoms. The first-order valence-electron chi connectivity index (χ1n) is 6.27.